The maximum atomic E-state index is 11.7. The number of allylic oxidation sites excluding steroid dienone is 7. The normalized spacial score (nSPS) is 17.9. The van der Waals surface area contributed by atoms with Crippen LogP contribution in [0.15, 0.2) is 72.0 Å². The Morgan fingerprint density at radius 2 is 1.75 bits per heavy atom. The highest BCUT2D eigenvalue weighted by atomic mass is 16.5. The number of hydrogen-bond acceptors (Lipinski definition) is 11. The predicted molar refractivity (Wildman–Crippen MR) is 213 cm³/mol. The Bertz CT molecular complexity index is 1680. The number of rotatable bonds is 16. The number of aliphatic hydroxyl groups is 1. The van der Waals surface area contributed by atoms with E-state index in [0.29, 0.717) is 29.8 Å². The maximum absolute atomic E-state index is 11.7. The van der Waals surface area contributed by atoms with E-state index >= 15 is 0 Å². The number of ether oxygens (including phenoxy) is 1. The first kappa shape index (κ1) is 40.8. The number of carbonyl (C=O) groups excluding carboxylic acids is 2. The Morgan fingerprint density at radius 1 is 1.04 bits per heavy atom. The summed E-state index contributed by atoms with van der Waals surface area (Å²) in [5.74, 6) is 1.39. The smallest absolute Gasteiger partial charge is 0.213 e. The van der Waals surface area contributed by atoms with Gasteiger partial charge in [0, 0.05) is 95.3 Å². The third-order valence-electron chi connectivity index (χ3n) is 9.93. The number of anilines is 3. The third kappa shape index (κ3) is 10.8. The zero-order valence-electron chi connectivity index (χ0n) is 32.2. The summed E-state index contributed by atoms with van der Waals surface area (Å²) in [6.45, 7) is 13.3. The predicted octanol–water partition coefficient (Wildman–Crippen LogP) is 4.38. The Morgan fingerprint density at radius 3 is 2.36 bits per heavy atom. The van der Waals surface area contributed by atoms with Crippen molar-refractivity contribution < 1.29 is 19.4 Å². The molecule has 12 heteroatoms. The van der Waals surface area contributed by atoms with Gasteiger partial charge in [-0.2, -0.15) is 0 Å². The van der Waals surface area contributed by atoms with Gasteiger partial charge in [0.2, 0.25) is 6.41 Å². The van der Waals surface area contributed by atoms with Gasteiger partial charge in [0.1, 0.15) is 17.9 Å². The van der Waals surface area contributed by atoms with Crippen LogP contribution >= 0.6 is 0 Å². The van der Waals surface area contributed by atoms with Crippen LogP contribution in [0.3, 0.4) is 0 Å². The number of terminal acetylenes is 1. The number of hydrogen-bond donors (Lipinski definition) is 2. The number of carbonyl (C=O) groups is 2. The summed E-state index contributed by atoms with van der Waals surface area (Å²) in [5, 5.41) is 14.1. The van der Waals surface area contributed by atoms with E-state index in [1.54, 1.807) is 25.5 Å². The Hall–Kier alpha value is -4.96. The molecule has 0 aromatic carbocycles. The van der Waals surface area contributed by atoms with Crippen LogP contribution in [0, 0.1) is 18.3 Å². The Balaban J connectivity index is 0.00000308. The molecular weight excluding hydrogens is 669 g/mol. The van der Waals surface area contributed by atoms with E-state index in [2.05, 4.69) is 69.7 Å². The second-order valence-electron chi connectivity index (χ2n) is 14.6. The molecule has 0 bridgehead atoms. The van der Waals surface area contributed by atoms with Gasteiger partial charge in [0.25, 0.3) is 0 Å². The SMILES string of the molecule is C#C.C/C(=C\C(=C/N(C)C=O)c1ccnc(N(C)CCN(C)C2=C(/C=C/C=O)CC(C)(C)C2)c1CO)Nc1ccc(N2CCN(C3COC3)CC2)cn1. The van der Waals surface area contributed by atoms with Crippen molar-refractivity contribution in [3.05, 3.63) is 83.1 Å². The van der Waals surface area contributed by atoms with Gasteiger partial charge in [-0.1, -0.05) is 19.9 Å². The molecule has 1 aliphatic carbocycles. The van der Waals surface area contributed by atoms with Crippen LogP contribution in [-0.2, 0) is 20.9 Å². The topological polar surface area (TPSA) is 118 Å². The lowest BCUT2D eigenvalue weighted by Gasteiger charge is -2.43. The molecule has 3 aliphatic rings. The minimum atomic E-state index is -0.229. The van der Waals surface area contributed by atoms with Crippen LogP contribution in [0.1, 0.15) is 44.7 Å². The van der Waals surface area contributed by atoms with Gasteiger partial charge in [-0.05, 0) is 66.7 Å². The lowest BCUT2D eigenvalue weighted by atomic mass is 9.89. The number of amides is 1. The quantitative estimate of drug-likeness (QED) is 0.111. The highest BCUT2D eigenvalue weighted by Crippen LogP contribution is 2.42. The molecule has 0 atom stereocenters. The van der Waals surface area contributed by atoms with Gasteiger partial charge >= 0.3 is 0 Å². The summed E-state index contributed by atoms with van der Waals surface area (Å²) in [7, 11) is 5.74. The van der Waals surface area contributed by atoms with Crippen molar-refractivity contribution in [1.29, 1.82) is 0 Å². The zero-order chi connectivity index (χ0) is 38.5. The van der Waals surface area contributed by atoms with Gasteiger partial charge in [0.05, 0.1) is 37.7 Å². The second-order valence-corrected chi connectivity index (χ2v) is 14.6. The van der Waals surface area contributed by atoms with Crippen molar-refractivity contribution >= 4 is 35.6 Å². The molecule has 0 unspecified atom stereocenters. The van der Waals surface area contributed by atoms with Crippen LogP contribution in [0.4, 0.5) is 17.3 Å². The minimum absolute atomic E-state index is 0.136. The molecule has 2 aromatic heterocycles. The first-order valence-corrected chi connectivity index (χ1v) is 18.1. The van der Waals surface area contributed by atoms with Crippen LogP contribution in [0.25, 0.3) is 5.57 Å². The summed E-state index contributed by atoms with van der Waals surface area (Å²) in [5.41, 5.74) is 6.68. The standard InChI is InChI=1S/C39H54N8O4.C2H2/c1-29(42-37-10-9-32(23-41-37)46-15-17-47(18-16-46)33-26-51-27-33)20-31(24-43(4)28-50)34-11-12-40-38(35(34)25-49)45(6)14-13-44(5)36-22-39(2,3)21-30(36)8-7-19-48;1-2/h7-12,19-20,23-24,28,33,49H,13-18,21-22,25-27H2,1-6H3,(H,41,42);1-2H/b8-7+,29-20+,31-24+;. The monoisotopic (exact) mass is 724 g/mol. The van der Waals surface area contributed by atoms with Crippen molar-refractivity contribution in [3.8, 4) is 12.8 Å². The number of aromatic nitrogens is 2. The molecular formula is C41H56N8O4. The van der Waals surface area contributed by atoms with E-state index in [4.69, 9.17) is 9.72 Å². The van der Waals surface area contributed by atoms with E-state index in [9.17, 15) is 14.7 Å². The molecule has 0 spiro atoms. The van der Waals surface area contributed by atoms with Crippen molar-refractivity contribution in [3.63, 3.8) is 0 Å². The lowest BCUT2D eigenvalue weighted by molar-refractivity contribution is -0.115. The largest absolute Gasteiger partial charge is 0.392 e. The molecule has 2 fully saturated rings. The average molecular weight is 725 g/mol. The molecule has 2 aromatic rings. The summed E-state index contributed by atoms with van der Waals surface area (Å²) in [4.78, 5) is 42.8. The first-order valence-electron chi connectivity index (χ1n) is 18.1. The molecule has 4 heterocycles. The number of pyridine rings is 2. The van der Waals surface area contributed by atoms with E-state index in [0.717, 1.165) is 94.0 Å². The Kier molecular flexibility index (Phi) is 14.8. The molecule has 12 nitrogen and oxygen atoms in total. The fourth-order valence-corrected chi connectivity index (χ4v) is 7.05. The van der Waals surface area contributed by atoms with Crippen molar-refractivity contribution in [2.45, 2.75) is 46.3 Å². The van der Waals surface area contributed by atoms with Gasteiger partial charge in [0.15, 0.2) is 0 Å². The van der Waals surface area contributed by atoms with Gasteiger partial charge < -0.3 is 34.8 Å². The van der Waals surface area contributed by atoms with Crippen LogP contribution in [-0.4, -0.2) is 122 Å². The highest BCUT2D eigenvalue weighted by molar-refractivity contribution is 5.80. The molecule has 2 N–H and O–H groups in total. The summed E-state index contributed by atoms with van der Waals surface area (Å²) < 4.78 is 5.37. The van der Waals surface area contributed by atoms with Gasteiger partial charge in [-0.15, -0.1) is 12.8 Å². The molecule has 53 heavy (non-hydrogen) atoms. The minimum Gasteiger partial charge on any atom is -0.392 e. The van der Waals surface area contributed by atoms with Crippen molar-refractivity contribution in [2.24, 2.45) is 5.41 Å². The van der Waals surface area contributed by atoms with Gasteiger partial charge in [-0.3, -0.25) is 14.5 Å². The fourth-order valence-electron chi connectivity index (χ4n) is 7.05. The fraction of sp³-hybridized carbons (Fsp3) is 0.463. The van der Waals surface area contributed by atoms with E-state index in [1.807, 2.05) is 44.5 Å². The molecule has 1 amide bonds. The highest BCUT2D eigenvalue weighted by Gasteiger charge is 2.31. The first-order chi connectivity index (χ1) is 25.5. The summed E-state index contributed by atoms with van der Waals surface area (Å²) in [6.07, 6.45) is 22.3. The number of aliphatic hydroxyl groups excluding tert-OH is 1. The number of likely N-dealkylation sites (N-methyl/N-ethyl adjacent to an activating group) is 2. The Labute approximate surface area is 315 Å². The maximum Gasteiger partial charge on any atom is 0.213 e. The third-order valence-corrected chi connectivity index (χ3v) is 9.93. The lowest BCUT2D eigenvalue weighted by Crippen LogP contribution is -2.56. The van der Waals surface area contributed by atoms with E-state index in [-0.39, 0.29) is 12.0 Å². The molecule has 2 saturated heterocycles. The molecule has 2 aliphatic heterocycles. The number of piperazine rings is 1. The molecule has 5 rings (SSSR count). The molecule has 0 saturated carbocycles. The van der Waals surface area contributed by atoms with Crippen molar-refractivity contribution in [2.75, 3.05) is 88.7 Å². The number of nitrogens with one attached hydrogen (secondary N) is 1. The van der Waals surface area contributed by atoms with Gasteiger partial charge in [-0.25, -0.2) is 9.97 Å². The molecule has 284 valence electrons. The summed E-state index contributed by atoms with van der Waals surface area (Å²) in [6, 6.07) is 6.52. The van der Waals surface area contributed by atoms with Crippen LogP contribution < -0.4 is 15.1 Å². The van der Waals surface area contributed by atoms with Crippen LogP contribution in [0.2, 0.25) is 0 Å². The number of aldehydes is 1. The average Bonchev–Trinajstić information content (AvgIpc) is 3.46. The van der Waals surface area contributed by atoms with Crippen molar-refractivity contribution in [1.82, 2.24) is 24.7 Å². The number of nitrogens with zero attached hydrogens (tertiary/aromatic N) is 7. The van der Waals surface area contributed by atoms with E-state index < -0.39 is 0 Å². The van der Waals surface area contributed by atoms with E-state index in [1.165, 1.54) is 16.2 Å². The second kappa shape index (κ2) is 19.2. The van der Waals surface area contributed by atoms with Crippen LogP contribution in [0.5, 0.6) is 0 Å². The zero-order valence-corrected chi connectivity index (χ0v) is 32.2. The summed E-state index contributed by atoms with van der Waals surface area (Å²) >= 11 is 0. The molecule has 0 radical (unpaired) electrons.